The smallest absolute Gasteiger partial charge is 0.0587 e. The maximum atomic E-state index is 5.98. The zero-order valence-electron chi connectivity index (χ0n) is 17.4. The first-order valence-electron chi connectivity index (χ1n) is 10.7. The molecule has 0 N–H and O–H groups in total. The maximum absolute atomic E-state index is 5.98. The van der Waals surface area contributed by atoms with Gasteiger partial charge in [0.05, 0.1) is 6.10 Å². The zero-order valence-corrected chi connectivity index (χ0v) is 18.2. The van der Waals surface area contributed by atoms with E-state index in [1.54, 1.807) is 0 Å². The first-order valence-corrected chi connectivity index (χ1v) is 11.1. The molecular formula is C26H34OS. The van der Waals surface area contributed by atoms with E-state index in [9.17, 15) is 0 Å². The molecule has 28 heavy (non-hydrogen) atoms. The molecule has 1 unspecified atom stereocenters. The minimum atomic E-state index is 0.266. The lowest BCUT2D eigenvalue weighted by Gasteiger charge is -2.13. The molecular weight excluding hydrogens is 360 g/mol. The largest absolute Gasteiger partial charge is 0.378 e. The molecule has 2 aromatic carbocycles. The Morgan fingerprint density at radius 3 is 2.32 bits per heavy atom. The third-order valence-corrected chi connectivity index (χ3v) is 5.26. The van der Waals surface area contributed by atoms with E-state index in [0.29, 0.717) is 0 Å². The van der Waals surface area contributed by atoms with Crippen molar-refractivity contribution in [1.82, 2.24) is 0 Å². The molecule has 0 aliphatic rings. The summed E-state index contributed by atoms with van der Waals surface area (Å²) in [7, 11) is 0. The molecule has 0 radical (unpaired) electrons. The van der Waals surface area contributed by atoms with Gasteiger partial charge in [-0.2, -0.15) is 0 Å². The molecule has 0 spiro atoms. The summed E-state index contributed by atoms with van der Waals surface area (Å²) in [6.45, 7) is 5.31. The van der Waals surface area contributed by atoms with E-state index in [-0.39, 0.29) is 6.10 Å². The lowest BCUT2D eigenvalue weighted by atomic mass is 10.1. The van der Waals surface area contributed by atoms with E-state index in [2.05, 4.69) is 44.2 Å². The Balaban J connectivity index is 1.70. The minimum Gasteiger partial charge on any atom is -0.378 e. The fourth-order valence-electron chi connectivity index (χ4n) is 3.19. The molecule has 2 aromatic rings. The van der Waals surface area contributed by atoms with Gasteiger partial charge < -0.3 is 4.74 Å². The summed E-state index contributed by atoms with van der Waals surface area (Å²) in [4.78, 5) is 0.862. The Morgan fingerprint density at radius 2 is 1.61 bits per heavy atom. The van der Waals surface area contributed by atoms with Crippen molar-refractivity contribution in [3.8, 4) is 0 Å². The van der Waals surface area contributed by atoms with Gasteiger partial charge in [-0.3, -0.25) is 0 Å². The van der Waals surface area contributed by atoms with Crippen molar-refractivity contribution in [2.75, 3.05) is 6.61 Å². The van der Waals surface area contributed by atoms with Crippen LogP contribution in [0.3, 0.4) is 0 Å². The van der Waals surface area contributed by atoms with E-state index in [1.165, 1.54) is 49.7 Å². The highest BCUT2D eigenvalue weighted by molar-refractivity contribution is 7.81. The Hall–Kier alpha value is -1.77. The summed E-state index contributed by atoms with van der Waals surface area (Å²) in [6.07, 6.45) is 13.2. The van der Waals surface area contributed by atoms with Crippen molar-refractivity contribution in [2.45, 2.75) is 64.9 Å². The van der Waals surface area contributed by atoms with Crippen molar-refractivity contribution < 1.29 is 4.74 Å². The highest BCUT2D eigenvalue weighted by atomic mass is 32.1. The van der Waals surface area contributed by atoms with Gasteiger partial charge in [-0.1, -0.05) is 112 Å². The second-order valence-corrected chi connectivity index (χ2v) is 7.90. The quantitative estimate of drug-likeness (QED) is 0.151. The first kappa shape index (κ1) is 22.5. The Bertz CT molecular complexity index is 703. The molecule has 0 aliphatic carbocycles. The number of allylic oxidation sites excluding steroid dienone is 1. The first-order chi connectivity index (χ1) is 13.7. The van der Waals surface area contributed by atoms with Gasteiger partial charge in [0.25, 0.3) is 0 Å². The van der Waals surface area contributed by atoms with E-state index >= 15 is 0 Å². The number of thiocarbonyl (C=S) groups is 1. The average Bonchev–Trinajstić information content (AvgIpc) is 2.73. The maximum Gasteiger partial charge on any atom is 0.0587 e. The molecule has 0 aromatic heterocycles. The molecule has 0 saturated heterocycles. The minimum absolute atomic E-state index is 0.266. The average molecular weight is 395 g/mol. The fraction of sp³-hybridized carbons (Fsp3) is 0.423. The summed E-state index contributed by atoms with van der Waals surface area (Å²) in [5.41, 5.74) is 3.57. The zero-order chi connectivity index (χ0) is 20.0. The highest BCUT2D eigenvalue weighted by Gasteiger charge is 2.04. The summed E-state index contributed by atoms with van der Waals surface area (Å²) >= 11 is 5.48. The van der Waals surface area contributed by atoms with Crippen molar-refractivity contribution in [1.29, 1.82) is 0 Å². The van der Waals surface area contributed by atoms with Gasteiger partial charge in [-0.15, -0.1) is 0 Å². The van der Waals surface area contributed by atoms with Crippen LogP contribution in [0.25, 0.3) is 6.08 Å². The predicted octanol–water partition coefficient (Wildman–Crippen LogP) is 7.43. The van der Waals surface area contributed by atoms with Crippen LogP contribution < -0.4 is 0 Å². The molecule has 2 heteroatoms. The third-order valence-electron chi connectivity index (χ3n) is 4.89. The topological polar surface area (TPSA) is 9.23 Å². The van der Waals surface area contributed by atoms with Gasteiger partial charge in [0.1, 0.15) is 0 Å². The SMILES string of the molecule is CCCCCCCCOC(C)Cc1ccc(C=CC(=S)c2ccccc2)cc1. The van der Waals surface area contributed by atoms with Gasteiger partial charge in [0, 0.05) is 11.5 Å². The molecule has 2 rings (SSSR count). The second kappa shape index (κ2) is 13.4. The molecule has 0 amide bonds. The third kappa shape index (κ3) is 8.95. The molecule has 1 nitrogen and oxygen atoms in total. The molecule has 0 saturated carbocycles. The lowest BCUT2D eigenvalue weighted by molar-refractivity contribution is 0.0635. The highest BCUT2D eigenvalue weighted by Crippen LogP contribution is 2.12. The van der Waals surface area contributed by atoms with Crippen LogP contribution in [0, 0.1) is 0 Å². The second-order valence-electron chi connectivity index (χ2n) is 7.46. The van der Waals surface area contributed by atoms with Crippen LogP contribution in [0.2, 0.25) is 0 Å². The Kier molecular flexibility index (Phi) is 10.8. The Morgan fingerprint density at radius 1 is 0.929 bits per heavy atom. The molecule has 0 aliphatic heterocycles. The van der Waals surface area contributed by atoms with Crippen molar-refractivity contribution in [3.05, 3.63) is 77.4 Å². The van der Waals surface area contributed by atoms with Gasteiger partial charge in [-0.05, 0) is 42.5 Å². The van der Waals surface area contributed by atoms with E-state index in [0.717, 1.165) is 23.5 Å². The van der Waals surface area contributed by atoms with Gasteiger partial charge in [-0.25, -0.2) is 0 Å². The van der Waals surface area contributed by atoms with E-state index in [1.807, 2.05) is 36.4 Å². The van der Waals surface area contributed by atoms with Crippen LogP contribution in [-0.4, -0.2) is 17.6 Å². The number of unbranched alkanes of at least 4 members (excludes halogenated alkanes) is 5. The van der Waals surface area contributed by atoms with Gasteiger partial charge in [0.15, 0.2) is 0 Å². The number of ether oxygens (including phenoxy) is 1. The molecule has 0 fully saturated rings. The van der Waals surface area contributed by atoms with E-state index in [4.69, 9.17) is 17.0 Å². The normalized spacial score (nSPS) is 12.4. The van der Waals surface area contributed by atoms with Crippen LogP contribution >= 0.6 is 12.2 Å². The van der Waals surface area contributed by atoms with Crippen molar-refractivity contribution in [3.63, 3.8) is 0 Å². The summed E-state index contributed by atoms with van der Waals surface area (Å²) in [6, 6.07) is 18.8. The van der Waals surface area contributed by atoms with Crippen molar-refractivity contribution >= 4 is 23.2 Å². The molecule has 0 heterocycles. The van der Waals surface area contributed by atoms with Crippen LogP contribution in [0.15, 0.2) is 60.7 Å². The van der Waals surface area contributed by atoms with Gasteiger partial charge in [0.2, 0.25) is 0 Å². The number of benzene rings is 2. The Labute approximate surface area is 176 Å². The van der Waals surface area contributed by atoms with Crippen LogP contribution in [0.1, 0.15) is 69.1 Å². The van der Waals surface area contributed by atoms with Crippen LogP contribution in [0.4, 0.5) is 0 Å². The molecule has 0 bridgehead atoms. The van der Waals surface area contributed by atoms with E-state index < -0.39 is 0 Å². The monoisotopic (exact) mass is 394 g/mol. The van der Waals surface area contributed by atoms with Crippen LogP contribution in [0.5, 0.6) is 0 Å². The lowest BCUT2D eigenvalue weighted by Crippen LogP contribution is -2.12. The van der Waals surface area contributed by atoms with Crippen LogP contribution in [-0.2, 0) is 11.2 Å². The molecule has 150 valence electrons. The summed E-state index contributed by atoms with van der Waals surface area (Å²) < 4.78 is 5.98. The van der Waals surface area contributed by atoms with Crippen molar-refractivity contribution in [2.24, 2.45) is 0 Å². The number of rotatable bonds is 13. The summed E-state index contributed by atoms with van der Waals surface area (Å²) in [5.74, 6) is 0. The molecule has 1 atom stereocenters. The number of hydrogen-bond acceptors (Lipinski definition) is 2. The standard InChI is InChI=1S/C26H34OS/c1-3-4-5-6-7-11-20-27-22(2)21-24-16-14-23(15-17-24)18-19-26(28)25-12-9-8-10-13-25/h8-10,12-19,22H,3-7,11,20-21H2,1-2H3. The predicted molar refractivity (Wildman–Crippen MR) is 126 cm³/mol. The number of hydrogen-bond donors (Lipinski definition) is 0. The fourth-order valence-corrected chi connectivity index (χ4v) is 3.40. The summed E-state index contributed by atoms with van der Waals surface area (Å²) in [5, 5.41) is 0. The van der Waals surface area contributed by atoms with Gasteiger partial charge >= 0.3 is 0 Å².